The van der Waals surface area contributed by atoms with Gasteiger partial charge in [0.25, 0.3) is 0 Å². The molecule has 0 heterocycles. The monoisotopic (exact) mass is 262 g/mol. The van der Waals surface area contributed by atoms with Crippen LogP contribution in [0.1, 0.15) is 38.9 Å². The van der Waals surface area contributed by atoms with E-state index in [4.69, 9.17) is 4.74 Å². The van der Waals surface area contributed by atoms with Gasteiger partial charge in [-0.3, -0.25) is 0 Å². The number of aliphatic hydroxyl groups excluding tert-OH is 1. The highest BCUT2D eigenvalue weighted by molar-refractivity contribution is 5.29. The van der Waals surface area contributed by atoms with E-state index >= 15 is 0 Å². The molecular weight excluding hydrogens is 245 g/mol. The third-order valence-electron chi connectivity index (χ3n) is 2.11. The molecule has 5 heteroatoms. The number of hydrogen-bond donors (Lipinski definition) is 1. The summed E-state index contributed by atoms with van der Waals surface area (Å²) < 4.78 is 41.9. The third kappa shape index (κ3) is 5.40. The lowest BCUT2D eigenvalue weighted by atomic mass is 10.1. The van der Waals surface area contributed by atoms with Crippen LogP contribution >= 0.6 is 0 Å². The lowest BCUT2D eigenvalue weighted by Gasteiger charge is -2.21. The van der Waals surface area contributed by atoms with Gasteiger partial charge in [-0.2, -0.15) is 13.2 Å². The molecule has 2 nitrogen and oxygen atoms in total. The van der Waals surface area contributed by atoms with E-state index in [1.165, 1.54) is 12.1 Å². The Labute approximate surface area is 104 Å². The molecule has 1 aromatic rings. The van der Waals surface area contributed by atoms with Crippen molar-refractivity contribution in [3.63, 3.8) is 0 Å². The summed E-state index contributed by atoms with van der Waals surface area (Å²) in [6.45, 7) is 5.62. The lowest BCUT2D eigenvalue weighted by molar-refractivity contribution is -0.154. The molecule has 1 aromatic carbocycles. The Morgan fingerprint density at radius 2 is 1.61 bits per heavy atom. The predicted molar refractivity (Wildman–Crippen MR) is 62.5 cm³/mol. The highest BCUT2D eigenvalue weighted by atomic mass is 19.4. The Bertz CT molecular complexity index is 377. The molecule has 18 heavy (non-hydrogen) atoms. The number of rotatable bonds is 3. The standard InChI is InChI=1S/C13H17F3O2/c1-12(2,3)18-10-6-4-9(5-7-10)11(17)8-13(14,15)16/h4-7,11,17H,8H2,1-3H3. The van der Waals surface area contributed by atoms with Crippen molar-refractivity contribution in [2.45, 2.75) is 45.1 Å². The zero-order valence-electron chi connectivity index (χ0n) is 10.6. The van der Waals surface area contributed by atoms with E-state index in [0.717, 1.165) is 0 Å². The molecule has 0 amide bonds. The first-order chi connectivity index (χ1) is 8.07. The summed E-state index contributed by atoms with van der Waals surface area (Å²) >= 11 is 0. The number of benzene rings is 1. The van der Waals surface area contributed by atoms with Crippen LogP contribution in [-0.4, -0.2) is 16.9 Å². The number of halogens is 3. The number of aliphatic hydroxyl groups is 1. The van der Waals surface area contributed by atoms with Crippen LogP contribution in [0.3, 0.4) is 0 Å². The molecule has 0 aliphatic carbocycles. The fraction of sp³-hybridized carbons (Fsp3) is 0.538. The predicted octanol–water partition coefficient (Wildman–Crippen LogP) is 3.85. The largest absolute Gasteiger partial charge is 0.488 e. The average molecular weight is 262 g/mol. The van der Waals surface area contributed by atoms with Crippen LogP contribution in [0.2, 0.25) is 0 Å². The van der Waals surface area contributed by atoms with Crippen molar-refractivity contribution in [1.29, 1.82) is 0 Å². The third-order valence-corrected chi connectivity index (χ3v) is 2.11. The molecule has 0 radical (unpaired) electrons. The van der Waals surface area contributed by atoms with Crippen molar-refractivity contribution in [3.05, 3.63) is 29.8 Å². The molecule has 0 bridgehead atoms. The summed E-state index contributed by atoms with van der Waals surface area (Å²) in [5.74, 6) is 0.561. The van der Waals surface area contributed by atoms with Crippen molar-refractivity contribution in [3.8, 4) is 5.75 Å². The first-order valence-electron chi connectivity index (χ1n) is 5.61. The summed E-state index contributed by atoms with van der Waals surface area (Å²) in [6.07, 6.45) is -7.15. The zero-order chi connectivity index (χ0) is 14.0. The quantitative estimate of drug-likeness (QED) is 0.896. The van der Waals surface area contributed by atoms with E-state index in [2.05, 4.69) is 0 Å². The Morgan fingerprint density at radius 1 is 1.11 bits per heavy atom. The molecule has 1 atom stereocenters. The van der Waals surface area contributed by atoms with E-state index in [9.17, 15) is 18.3 Å². The van der Waals surface area contributed by atoms with Crippen LogP contribution in [0.15, 0.2) is 24.3 Å². The molecule has 1 rings (SSSR count). The Morgan fingerprint density at radius 3 is 2.00 bits per heavy atom. The Hall–Kier alpha value is -1.23. The van der Waals surface area contributed by atoms with Gasteiger partial charge < -0.3 is 9.84 Å². The molecule has 1 unspecified atom stereocenters. The van der Waals surface area contributed by atoms with Gasteiger partial charge in [-0.25, -0.2) is 0 Å². The van der Waals surface area contributed by atoms with E-state index < -0.39 is 18.7 Å². The molecule has 1 N–H and O–H groups in total. The first kappa shape index (κ1) is 14.8. The second-order valence-electron chi connectivity index (χ2n) is 5.12. The highest BCUT2D eigenvalue weighted by Crippen LogP contribution is 2.30. The molecule has 0 aliphatic rings. The molecule has 0 saturated carbocycles. The van der Waals surface area contributed by atoms with Crippen molar-refractivity contribution < 1.29 is 23.0 Å². The van der Waals surface area contributed by atoms with Gasteiger partial charge in [0.2, 0.25) is 0 Å². The van der Waals surface area contributed by atoms with Gasteiger partial charge in [0.1, 0.15) is 11.4 Å². The number of hydrogen-bond acceptors (Lipinski definition) is 2. The topological polar surface area (TPSA) is 29.5 Å². The molecule has 0 aromatic heterocycles. The van der Waals surface area contributed by atoms with Gasteiger partial charge >= 0.3 is 6.18 Å². The molecule has 0 spiro atoms. The maximum Gasteiger partial charge on any atom is 0.391 e. The molecule has 0 aliphatic heterocycles. The SMILES string of the molecule is CC(C)(C)Oc1ccc(C(O)CC(F)(F)F)cc1. The minimum absolute atomic E-state index is 0.230. The van der Waals surface area contributed by atoms with Crippen molar-refractivity contribution >= 4 is 0 Å². The minimum Gasteiger partial charge on any atom is -0.488 e. The normalized spacial score (nSPS) is 14.4. The van der Waals surface area contributed by atoms with Crippen LogP contribution in [0.25, 0.3) is 0 Å². The molecule has 0 fully saturated rings. The van der Waals surface area contributed by atoms with Gasteiger partial charge in [0, 0.05) is 0 Å². The van der Waals surface area contributed by atoms with Crippen LogP contribution in [-0.2, 0) is 0 Å². The summed E-state index contributed by atoms with van der Waals surface area (Å²) in [4.78, 5) is 0. The van der Waals surface area contributed by atoms with Crippen LogP contribution in [0.5, 0.6) is 5.75 Å². The highest BCUT2D eigenvalue weighted by Gasteiger charge is 2.31. The van der Waals surface area contributed by atoms with E-state index in [0.29, 0.717) is 5.75 Å². The van der Waals surface area contributed by atoms with Crippen molar-refractivity contribution in [1.82, 2.24) is 0 Å². The maximum atomic E-state index is 12.1. The minimum atomic E-state index is -4.38. The smallest absolute Gasteiger partial charge is 0.391 e. The Balaban J connectivity index is 2.71. The maximum absolute atomic E-state index is 12.1. The van der Waals surface area contributed by atoms with Crippen LogP contribution < -0.4 is 4.74 Å². The fourth-order valence-corrected chi connectivity index (χ4v) is 1.45. The van der Waals surface area contributed by atoms with Gasteiger partial charge in [0.05, 0.1) is 12.5 Å². The molecule has 0 saturated heterocycles. The first-order valence-corrected chi connectivity index (χ1v) is 5.61. The zero-order valence-corrected chi connectivity index (χ0v) is 10.6. The molecular formula is C13H17F3O2. The Kier molecular flexibility index (Phi) is 4.27. The summed E-state index contributed by atoms with van der Waals surface area (Å²) in [7, 11) is 0. The number of alkyl halides is 3. The van der Waals surface area contributed by atoms with Gasteiger partial charge in [-0.15, -0.1) is 0 Å². The lowest BCUT2D eigenvalue weighted by Crippen LogP contribution is -2.22. The van der Waals surface area contributed by atoms with Crippen molar-refractivity contribution in [2.75, 3.05) is 0 Å². The summed E-state index contributed by atoms with van der Waals surface area (Å²) in [6, 6.07) is 6.00. The fourth-order valence-electron chi connectivity index (χ4n) is 1.45. The summed E-state index contributed by atoms with van der Waals surface area (Å²) in [5.41, 5.74) is -0.139. The van der Waals surface area contributed by atoms with Gasteiger partial charge in [-0.05, 0) is 38.5 Å². The average Bonchev–Trinajstić information content (AvgIpc) is 2.13. The number of ether oxygens (including phenoxy) is 1. The summed E-state index contributed by atoms with van der Waals surface area (Å²) in [5, 5.41) is 9.42. The van der Waals surface area contributed by atoms with Crippen LogP contribution in [0.4, 0.5) is 13.2 Å². The second kappa shape index (κ2) is 5.18. The van der Waals surface area contributed by atoms with Gasteiger partial charge in [0.15, 0.2) is 0 Å². The van der Waals surface area contributed by atoms with Crippen molar-refractivity contribution in [2.24, 2.45) is 0 Å². The van der Waals surface area contributed by atoms with E-state index in [1.54, 1.807) is 12.1 Å². The van der Waals surface area contributed by atoms with E-state index in [-0.39, 0.29) is 11.2 Å². The van der Waals surface area contributed by atoms with E-state index in [1.807, 2.05) is 20.8 Å². The second-order valence-corrected chi connectivity index (χ2v) is 5.12. The van der Waals surface area contributed by atoms with Gasteiger partial charge in [-0.1, -0.05) is 12.1 Å². The molecule has 102 valence electrons. The van der Waals surface area contributed by atoms with Crippen LogP contribution in [0, 0.1) is 0 Å².